The summed E-state index contributed by atoms with van der Waals surface area (Å²) in [5.74, 6) is -0.482. The van der Waals surface area contributed by atoms with Crippen molar-refractivity contribution in [2.24, 2.45) is 5.73 Å². The summed E-state index contributed by atoms with van der Waals surface area (Å²) in [5.41, 5.74) is 5.11. The normalized spacial score (nSPS) is 11.7. The minimum atomic E-state index is -0.560. The SMILES string of the molecule is CC(C)(CC(N)=O)Nc1nc2ccc(F)cn2n1. The number of hydrogen-bond acceptors (Lipinski definition) is 4. The molecular weight excluding hydrogens is 237 g/mol. The number of amides is 1. The second-order valence-corrected chi connectivity index (χ2v) is 4.74. The molecule has 0 saturated heterocycles. The largest absolute Gasteiger partial charge is 0.370 e. The molecule has 3 N–H and O–H groups in total. The van der Waals surface area contributed by atoms with Gasteiger partial charge in [-0.15, -0.1) is 5.10 Å². The molecule has 0 unspecified atom stereocenters. The lowest BCUT2D eigenvalue weighted by Crippen LogP contribution is -2.36. The molecule has 0 radical (unpaired) electrons. The number of hydrogen-bond donors (Lipinski definition) is 2. The van der Waals surface area contributed by atoms with Crippen LogP contribution in [0.4, 0.5) is 10.3 Å². The third kappa shape index (κ3) is 2.73. The molecular formula is C11H14FN5O. The molecule has 0 aliphatic carbocycles. The summed E-state index contributed by atoms with van der Waals surface area (Å²) in [7, 11) is 0. The van der Waals surface area contributed by atoms with Crippen molar-refractivity contribution in [1.29, 1.82) is 0 Å². The van der Waals surface area contributed by atoms with Crippen molar-refractivity contribution < 1.29 is 9.18 Å². The molecule has 6 nitrogen and oxygen atoms in total. The Labute approximate surface area is 103 Å². The summed E-state index contributed by atoms with van der Waals surface area (Å²) in [4.78, 5) is 15.1. The quantitative estimate of drug-likeness (QED) is 0.846. The van der Waals surface area contributed by atoms with Crippen molar-refractivity contribution in [2.45, 2.75) is 25.8 Å². The second-order valence-electron chi connectivity index (χ2n) is 4.74. The van der Waals surface area contributed by atoms with E-state index in [-0.39, 0.29) is 6.42 Å². The van der Waals surface area contributed by atoms with Crippen LogP contribution in [0.25, 0.3) is 5.65 Å². The van der Waals surface area contributed by atoms with Gasteiger partial charge in [-0.3, -0.25) is 4.79 Å². The van der Waals surface area contributed by atoms with Crippen molar-refractivity contribution in [3.63, 3.8) is 0 Å². The van der Waals surface area contributed by atoms with Crippen LogP contribution >= 0.6 is 0 Å². The lowest BCUT2D eigenvalue weighted by molar-refractivity contribution is -0.118. The molecule has 0 fully saturated rings. The standard InChI is InChI=1S/C11H14FN5O/c1-11(2,5-8(13)18)15-10-14-9-4-3-7(12)6-17(9)16-10/h3-4,6H,5H2,1-2H3,(H2,13,18)(H,15,16). The van der Waals surface area contributed by atoms with Gasteiger partial charge in [0, 0.05) is 12.0 Å². The topological polar surface area (TPSA) is 85.3 Å². The smallest absolute Gasteiger partial charge is 0.243 e. The lowest BCUT2D eigenvalue weighted by atomic mass is 10.0. The fraction of sp³-hybridized carbons (Fsp3) is 0.364. The number of rotatable bonds is 4. The number of aromatic nitrogens is 3. The van der Waals surface area contributed by atoms with E-state index < -0.39 is 17.3 Å². The number of nitrogens with one attached hydrogen (secondary N) is 1. The summed E-state index contributed by atoms with van der Waals surface area (Å²) in [6, 6.07) is 2.83. The van der Waals surface area contributed by atoms with Crippen molar-refractivity contribution in [3.05, 3.63) is 24.1 Å². The Morgan fingerprint density at radius 2 is 2.28 bits per heavy atom. The number of halogens is 1. The van der Waals surface area contributed by atoms with Crippen LogP contribution in [0, 0.1) is 5.82 Å². The Hall–Kier alpha value is -2.18. The summed E-state index contributed by atoms with van der Waals surface area (Å²) >= 11 is 0. The number of nitrogens with zero attached hydrogens (tertiary/aromatic N) is 3. The monoisotopic (exact) mass is 251 g/mol. The molecule has 0 aromatic carbocycles. The minimum absolute atomic E-state index is 0.150. The van der Waals surface area contributed by atoms with Gasteiger partial charge in [0.2, 0.25) is 11.9 Å². The number of nitrogens with two attached hydrogens (primary N) is 1. The van der Waals surface area contributed by atoms with E-state index in [2.05, 4.69) is 15.4 Å². The Morgan fingerprint density at radius 3 is 2.94 bits per heavy atom. The van der Waals surface area contributed by atoms with E-state index in [4.69, 9.17) is 5.73 Å². The van der Waals surface area contributed by atoms with E-state index in [1.165, 1.54) is 22.8 Å². The van der Waals surface area contributed by atoms with Gasteiger partial charge < -0.3 is 11.1 Å². The molecule has 2 aromatic heterocycles. The van der Waals surface area contributed by atoms with Crippen LogP contribution in [0.15, 0.2) is 18.3 Å². The minimum Gasteiger partial charge on any atom is -0.370 e. The van der Waals surface area contributed by atoms with Gasteiger partial charge in [-0.25, -0.2) is 8.91 Å². The van der Waals surface area contributed by atoms with E-state index in [9.17, 15) is 9.18 Å². The molecule has 1 amide bonds. The number of carbonyl (C=O) groups is 1. The van der Waals surface area contributed by atoms with Crippen LogP contribution in [-0.4, -0.2) is 26.0 Å². The number of pyridine rings is 1. The first-order valence-corrected chi connectivity index (χ1v) is 5.44. The van der Waals surface area contributed by atoms with Crippen molar-refractivity contribution in [2.75, 3.05) is 5.32 Å². The highest BCUT2D eigenvalue weighted by Gasteiger charge is 2.22. The van der Waals surface area contributed by atoms with Gasteiger partial charge in [-0.2, -0.15) is 4.98 Å². The van der Waals surface area contributed by atoms with Crippen LogP contribution in [0.1, 0.15) is 20.3 Å². The zero-order chi connectivity index (χ0) is 13.3. The van der Waals surface area contributed by atoms with Crippen molar-refractivity contribution in [3.8, 4) is 0 Å². The highest BCUT2D eigenvalue weighted by molar-refractivity contribution is 5.75. The maximum absolute atomic E-state index is 13.0. The van der Waals surface area contributed by atoms with Crippen molar-refractivity contribution >= 4 is 17.5 Å². The Kier molecular flexibility index (Phi) is 2.90. The summed E-state index contributed by atoms with van der Waals surface area (Å²) in [6.07, 6.45) is 1.38. The van der Waals surface area contributed by atoms with Gasteiger partial charge in [0.15, 0.2) is 5.65 Å². The summed E-state index contributed by atoms with van der Waals surface area (Å²) < 4.78 is 14.3. The number of fused-ring (bicyclic) bond motifs is 1. The zero-order valence-electron chi connectivity index (χ0n) is 10.1. The summed E-state index contributed by atoms with van der Waals surface area (Å²) in [5, 5.41) is 7.06. The molecule has 0 atom stereocenters. The molecule has 2 heterocycles. The number of carbonyl (C=O) groups excluding carboxylic acids is 1. The average Bonchev–Trinajstić information content (AvgIpc) is 2.55. The van der Waals surface area contributed by atoms with Crippen LogP contribution in [0.2, 0.25) is 0 Å². The van der Waals surface area contributed by atoms with E-state index in [1.54, 1.807) is 0 Å². The average molecular weight is 251 g/mol. The lowest BCUT2D eigenvalue weighted by Gasteiger charge is -2.23. The third-order valence-electron chi connectivity index (χ3n) is 2.36. The van der Waals surface area contributed by atoms with E-state index in [0.29, 0.717) is 11.6 Å². The molecule has 0 spiro atoms. The maximum Gasteiger partial charge on any atom is 0.243 e. The molecule has 0 aliphatic heterocycles. The third-order valence-corrected chi connectivity index (χ3v) is 2.36. The first-order chi connectivity index (χ1) is 8.35. The van der Waals surface area contributed by atoms with Gasteiger partial charge in [-0.05, 0) is 26.0 Å². The number of primary amides is 1. The molecule has 0 saturated carbocycles. The summed E-state index contributed by atoms with van der Waals surface area (Å²) in [6.45, 7) is 3.62. The highest BCUT2D eigenvalue weighted by atomic mass is 19.1. The molecule has 0 bridgehead atoms. The van der Waals surface area contributed by atoms with Crippen LogP contribution in [0.3, 0.4) is 0 Å². The fourth-order valence-corrected chi connectivity index (χ4v) is 1.69. The van der Waals surface area contributed by atoms with E-state index in [0.717, 1.165) is 0 Å². The Balaban J connectivity index is 2.24. The van der Waals surface area contributed by atoms with Crippen LogP contribution < -0.4 is 11.1 Å². The number of anilines is 1. The molecule has 7 heteroatoms. The second kappa shape index (κ2) is 4.25. The molecule has 0 aliphatic rings. The predicted molar refractivity (Wildman–Crippen MR) is 64.5 cm³/mol. The Bertz CT molecular complexity index is 592. The molecule has 2 rings (SSSR count). The molecule has 2 aromatic rings. The predicted octanol–water partition coefficient (Wildman–Crippen LogP) is 0.934. The van der Waals surface area contributed by atoms with Gasteiger partial charge in [0.05, 0.1) is 6.20 Å². The highest BCUT2D eigenvalue weighted by Crippen LogP contribution is 2.15. The van der Waals surface area contributed by atoms with E-state index >= 15 is 0 Å². The zero-order valence-corrected chi connectivity index (χ0v) is 10.1. The first kappa shape index (κ1) is 12.3. The van der Waals surface area contributed by atoms with Gasteiger partial charge in [0.25, 0.3) is 0 Å². The van der Waals surface area contributed by atoms with Crippen LogP contribution in [-0.2, 0) is 4.79 Å². The van der Waals surface area contributed by atoms with Crippen LogP contribution in [0.5, 0.6) is 0 Å². The molecule has 18 heavy (non-hydrogen) atoms. The molecule has 96 valence electrons. The fourth-order valence-electron chi connectivity index (χ4n) is 1.69. The first-order valence-electron chi connectivity index (χ1n) is 5.44. The van der Waals surface area contributed by atoms with Gasteiger partial charge in [0.1, 0.15) is 5.82 Å². The van der Waals surface area contributed by atoms with Crippen molar-refractivity contribution in [1.82, 2.24) is 14.6 Å². The van der Waals surface area contributed by atoms with Gasteiger partial charge in [-0.1, -0.05) is 0 Å². The Morgan fingerprint density at radius 1 is 1.56 bits per heavy atom. The van der Waals surface area contributed by atoms with E-state index in [1.807, 2.05) is 13.8 Å². The van der Waals surface area contributed by atoms with Gasteiger partial charge >= 0.3 is 0 Å². The maximum atomic E-state index is 13.0.